The molecular formula is C14H21NO3S. The zero-order chi connectivity index (χ0) is 13.7. The first-order valence-electron chi connectivity index (χ1n) is 6.47. The number of fused-ring (bicyclic) bond motifs is 1. The standard InChI is InChI=1S/C14H21NO3S/c1-4-11(8-19-3)15-7-10-5-12(16-2)14-13(6-10)17-9-18-14/h5-6,11,15H,4,7-9H2,1-3H3. The van der Waals surface area contributed by atoms with Gasteiger partial charge in [0.1, 0.15) is 0 Å². The van der Waals surface area contributed by atoms with Crippen molar-refractivity contribution in [3.63, 3.8) is 0 Å². The van der Waals surface area contributed by atoms with Crippen molar-refractivity contribution in [2.24, 2.45) is 0 Å². The van der Waals surface area contributed by atoms with E-state index in [-0.39, 0.29) is 6.79 Å². The van der Waals surface area contributed by atoms with Gasteiger partial charge in [0.05, 0.1) is 7.11 Å². The van der Waals surface area contributed by atoms with Crippen LogP contribution in [-0.2, 0) is 6.54 Å². The minimum atomic E-state index is 0.270. The Morgan fingerprint density at radius 3 is 2.95 bits per heavy atom. The molecule has 1 unspecified atom stereocenters. The van der Waals surface area contributed by atoms with E-state index in [4.69, 9.17) is 14.2 Å². The van der Waals surface area contributed by atoms with Gasteiger partial charge in [-0.3, -0.25) is 0 Å². The number of hydrogen-bond acceptors (Lipinski definition) is 5. The van der Waals surface area contributed by atoms with Crippen LogP contribution in [0.2, 0.25) is 0 Å². The molecule has 19 heavy (non-hydrogen) atoms. The van der Waals surface area contributed by atoms with Gasteiger partial charge in [0.15, 0.2) is 11.5 Å². The third kappa shape index (κ3) is 3.48. The Morgan fingerprint density at radius 2 is 2.26 bits per heavy atom. The second-order valence-corrected chi connectivity index (χ2v) is 5.38. The molecule has 1 aromatic carbocycles. The highest BCUT2D eigenvalue weighted by molar-refractivity contribution is 7.98. The first kappa shape index (κ1) is 14.3. The monoisotopic (exact) mass is 283 g/mol. The van der Waals surface area contributed by atoms with Gasteiger partial charge < -0.3 is 19.5 Å². The highest BCUT2D eigenvalue weighted by Gasteiger charge is 2.20. The van der Waals surface area contributed by atoms with Crippen LogP contribution in [-0.4, -0.2) is 32.0 Å². The van der Waals surface area contributed by atoms with Crippen LogP contribution in [0.15, 0.2) is 12.1 Å². The highest BCUT2D eigenvalue weighted by atomic mass is 32.2. The van der Waals surface area contributed by atoms with Gasteiger partial charge in [0, 0.05) is 18.3 Å². The predicted octanol–water partition coefficient (Wildman–Crippen LogP) is 2.66. The Kier molecular flexibility index (Phi) is 5.22. The molecule has 0 saturated heterocycles. The third-order valence-corrected chi connectivity index (χ3v) is 3.91. The zero-order valence-corrected chi connectivity index (χ0v) is 12.5. The van der Waals surface area contributed by atoms with Crippen LogP contribution < -0.4 is 19.5 Å². The summed E-state index contributed by atoms with van der Waals surface area (Å²) in [5.41, 5.74) is 1.15. The fourth-order valence-corrected chi connectivity index (χ4v) is 2.83. The van der Waals surface area contributed by atoms with Gasteiger partial charge in [0.25, 0.3) is 0 Å². The van der Waals surface area contributed by atoms with Gasteiger partial charge in [-0.15, -0.1) is 0 Å². The molecule has 0 spiro atoms. The van der Waals surface area contributed by atoms with Gasteiger partial charge in [-0.05, 0) is 30.4 Å². The Labute approximate surface area is 118 Å². The molecule has 1 aromatic rings. The number of methoxy groups -OCH3 is 1. The minimum absolute atomic E-state index is 0.270. The molecule has 1 aliphatic heterocycles. The van der Waals surface area contributed by atoms with Gasteiger partial charge in [-0.1, -0.05) is 6.92 Å². The summed E-state index contributed by atoms with van der Waals surface area (Å²) >= 11 is 1.87. The second-order valence-electron chi connectivity index (χ2n) is 4.47. The largest absolute Gasteiger partial charge is 0.493 e. The summed E-state index contributed by atoms with van der Waals surface area (Å²) in [6.45, 7) is 3.28. The predicted molar refractivity (Wildman–Crippen MR) is 78.4 cm³/mol. The molecule has 0 aliphatic carbocycles. The Bertz CT molecular complexity index is 425. The number of hydrogen-bond donors (Lipinski definition) is 1. The lowest BCUT2D eigenvalue weighted by molar-refractivity contribution is 0.171. The molecule has 1 N–H and O–H groups in total. The maximum absolute atomic E-state index is 5.43. The molecule has 0 bridgehead atoms. The molecule has 1 atom stereocenters. The van der Waals surface area contributed by atoms with Crippen molar-refractivity contribution in [1.29, 1.82) is 0 Å². The molecule has 0 amide bonds. The quantitative estimate of drug-likeness (QED) is 0.833. The molecule has 1 aliphatic rings. The Morgan fingerprint density at radius 1 is 1.42 bits per heavy atom. The maximum Gasteiger partial charge on any atom is 0.231 e. The zero-order valence-electron chi connectivity index (χ0n) is 11.7. The Hall–Kier alpha value is -1.07. The highest BCUT2D eigenvalue weighted by Crippen LogP contribution is 2.41. The van der Waals surface area contributed by atoms with Crippen LogP contribution >= 0.6 is 11.8 Å². The average molecular weight is 283 g/mol. The van der Waals surface area contributed by atoms with Crippen molar-refractivity contribution in [1.82, 2.24) is 5.32 Å². The van der Waals surface area contributed by atoms with E-state index >= 15 is 0 Å². The molecular weight excluding hydrogens is 262 g/mol. The third-order valence-electron chi connectivity index (χ3n) is 3.17. The number of nitrogens with one attached hydrogen (secondary N) is 1. The second kappa shape index (κ2) is 6.91. The molecule has 0 saturated carbocycles. The maximum atomic E-state index is 5.43. The van der Waals surface area contributed by atoms with Gasteiger partial charge in [-0.2, -0.15) is 11.8 Å². The molecule has 0 radical (unpaired) electrons. The summed E-state index contributed by atoms with van der Waals surface area (Å²) in [4.78, 5) is 0. The van der Waals surface area contributed by atoms with E-state index < -0.39 is 0 Å². The lowest BCUT2D eigenvalue weighted by atomic mass is 10.1. The van der Waals surface area contributed by atoms with Crippen molar-refractivity contribution in [3.05, 3.63) is 17.7 Å². The van der Waals surface area contributed by atoms with E-state index in [0.29, 0.717) is 11.8 Å². The smallest absolute Gasteiger partial charge is 0.231 e. The summed E-state index contributed by atoms with van der Waals surface area (Å²) in [5, 5.41) is 3.56. The summed E-state index contributed by atoms with van der Waals surface area (Å²) in [6, 6.07) is 4.56. The number of rotatable bonds is 7. The molecule has 0 fully saturated rings. The topological polar surface area (TPSA) is 39.7 Å². The molecule has 106 valence electrons. The molecule has 1 heterocycles. The van der Waals surface area contributed by atoms with Crippen molar-refractivity contribution < 1.29 is 14.2 Å². The number of thioether (sulfide) groups is 1. The summed E-state index contributed by atoms with van der Waals surface area (Å²) < 4.78 is 16.2. The van der Waals surface area contributed by atoms with Crippen molar-refractivity contribution in [2.75, 3.05) is 25.9 Å². The van der Waals surface area contributed by atoms with E-state index in [1.54, 1.807) is 7.11 Å². The van der Waals surface area contributed by atoms with Crippen LogP contribution in [0.5, 0.6) is 17.2 Å². The minimum Gasteiger partial charge on any atom is -0.493 e. The van der Waals surface area contributed by atoms with Gasteiger partial charge in [0.2, 0.25) is 12.5 Å². The summed E-state index contributed by atoms with van der Waals surface area (Å²) in [6.07, 6.45) is 3.26. The normalized spacial score (nSPS) is 14.5. The van der Waals surface area contributed by atoms with Crippen LogP contribution in [0.25, 0.3) is 0 Å². The SMILES string of the molecule is CCC(CSC)NCc1cc(OC)c2c(c1)OCO2. The van der Waals surface area contributed by atoms with E-state index in [1.807, 2.05) is 23.9 Å². The molecule has 0 aromatic heterocycles. The van der Waals surface area contributed by atoms with Crippen LogP contribution in [0.4, 0.5) is 0 Å². The number of benzene rings is 1. The van der Waals surface area contributed by atoms with E-state index in [0.717, 1.165) is 35.8 Å². The van der Waals surface area contributed by atoms with E-state index in [9.17, 15) is 0 Å². The first-order valence-corrected chi connectivity index (χ1v) is 7.86. The van der Waals surface area contributed by atoms with E-state index in [1.165, 1.54) is 0 Å². The summed E-state index contributed by atoms with van der Waals surface area (Å²) in [7, 11) is 1.65. The fourth-order valence-electron chi connectivity index (χ4n) is 2.07. The number of ether oxygens (including phenoxy) is 3. The van der Waals surface area contributed by atoms with Crippen LogP contribution in [0.1, 0.15) is 18.9 Å². The van der Waals surface area contributed by atoms with E-state index in [2.05, 4.69) is 18.5 Å². The molecule has 5 heteroatoms. The average Bonchev–Trinajstić information content (AvgIpc) is 2.90. The van der Waals surface area contributed by atoms with Gasteiger partial charge in [-0.25, -0.2) is 0 Å². The lowest BCUT2D eigenvalue weighted by Crippen LogP contribution is -2.30. The molecule has 4 nitrogen and oxygen atoms in total. The molecule has 2 rings (SSSR count). The fraction of sp³-hybridized carbons (Fsp3) is 0.571. The Balaban J connectivity index is 2.04. The van der Waals surface area contributed by atoms with Crippen LogP contribution in [0.3, 0.4) is 0 Å². The van der Waals surface area contributed by atoms with Crippen molar-refractivity contribution in [3.8, 4) is 17.2 Å². The van der Waals surface area contributed by atoms with Crippen molar-refractivity contribution >= 4 is 11.8 Å². The van der Waals surface area contributed by atoms with Crippen molar-refractivity contribution in [2.45, 2.75) is 25.9 Å². The van der Waals surface area contributed by atoms with Crippen LogP contribution in [0, 0.1) is 0 Å². The first-order chi connectivity index (χ1) is 9.28. The van der Waals surface area contributed by atoms with Gasteiger partial charge >= 0.3 is 0 Å². The summed E-state index contributed by atoms with van der Waals surface area (Å²) in [5.74, 6) is 3.35. The lowest BCUT2D eigenvalue weighted by Gasteiger charge is -2.16.